The largest absolute Gasteiger partial charge is 0.394 e. The van der Waals surface area contributed by atoms with Crippen LogP contribution in [0, 0.1) is 5.92 Å². The van der Waals surface area contributed by atoms with E-state index in [0.29, 0.717) is 12.8 Å². The van der Waals surface area contributed by atoms with E-state index < -0.39 is 97.2 Å². The zero-order chi connectivity index (χ0) is 31.8. The number of aliphatic hydroxyl groups is 5. The molecule has 0 bridgehead atoms. The Bertz CT molecular complexity index is 1050. The average Bonchev–Trinajstić information content (AvgIpc) is 3.60. The van der Waals surface area contributed by atoms with E-state index in [1.54, 1.807) is 0 Å². The molecule has 0 aromatic heterocycles. The Hall–Kier alpha value is -2.43. The molecule has 0 aromatic carbocycles. The first kappa shape index (κ1) is 33.5. The van der Waals surface area contributed by atoms with Crippen LogP contribution in [0.25, 0.3) is 0 Å². The minimum Gasteiger partial charge on any atom is -0.394 e. The summed E-state index contributed by atoms with van der Waals surface area (Å²) in [6.07, 6.45) is -8.74. The number of hydrogen-bond acceptors (Lipinski definition) is 14. The van der Waals surface area contributed by atoms with Gasteiger partial charge in [-0.1, -0.05) is 0 Å². The molecule has 2 aliphatic heterocycles. The molecule has 2 saturated carbocycles. The Balaban J connectivity index is 1.64. The van der Waals surface area contributed by atoms with Gasteiger partial charge in [-0.2, -0.15) is 0 Å². The van der Waals surface area contributed by atoms with Gasteiger partial charge in [-0.3, -0.25) is 4.79 Å². The van der Waals surface area contributed by atoms with Gasteiger partial charge in [-0.15, -0.1) is 0 Å². The van der Waals surface area contributed by atoms with E-state index in [1.165, 1.54) is 0 Å². The van der Waals surface area contributed by atoms with E-state index in [1.807, 2.05) is 0 Å². The molecule has 15 atom stereocenters. The number of nitrogens with one attached hydrogen (secondary N) is 1. The summed E-state index contributed by atoms with van der Waals surface area (Å²) >= 11 is 0. The van der Waals surface area contributed by atoms with Gasteiger partial charge >= 0.3 is 0 Å². The quantitative estimate of drug-likeness (QED) is 0.0842. The van der Waals surface area contributed by atoms with Crippen LogP contribution >= 0.6 is 0 Å². The maximum Gasteiger partial charge on any atom is 0.254 e. The minimum absolute atomic E-state index is 0.00376. The van der Waals surface area contributed by atoms with Crippen LogP contribution in [-0.2, 0) is 19.0 Å². The van der Waals surface area contributed by atoms with Gasteiger partial charge in [0, 0.05) is 24.9 Å². The first-order chi connectivity index (χ1) is 20.2. The standard InChI is InChI=1S/C24H46N10O9/c25-5-7-1-2-9(33-22(28)29)18(41-7)13-8(26)3-10(32-21(39)24(40)4-12(24)34-23(30)31)19(16(13)37)43-20-17(38)14(27)15(36)11(6-35)42-20/h7-20,35-38,40H,1-6,25-27H2,(H,32,39)(H4,28,29,33)(H4,30,31,34). The molecule has 2 heterocycles. The third-order valence-electron chi connectivity index (χ3n) is 8.76. The first-order valence-corrected chi connectivity index (χ1v) is 14.2. The van der Waals surface area contributed by atoms with E-state index in [-0.39, 0.29) is 37.4 Å². The van der Waals surface area contributed by atoms with Crippen molar-refractivity contribution in [3.05, 3.63) is 0 Å². The maximum absolute atomic E-state index is 13.2. The van der Waals surface area contributed by atoms with Crippen molar-refractivity contribution < 1.29 is 44.5 Å². The number of guanidine groups is 2. The summed E-state index contributed by atoms with van der Waals surface area (Å²) in [4.78, 5) is 21.3. The Morgan fingerprint density at radius 1 is 1.00 bits per heavy atom. The summed E-state index contributed by atoms with van der Waals surface area (Å²) in [5.41, 5.74) is 38.6. The van der Waals surface area contributed by atoms with E-state index in [2.05, 4.69) is 15.3 Å². The second-order valence-electron chi connectivity index (χ2n) is 11.8. The van der Waals surface area contributed by atoms with E-state index in [0.717, 1.165) is 0 Å². The van der Waals surface area contributed by atoms with Crippen LogP contribution in [0.2, 0.25) is 0 Å². The predicted molar refractivity (Wildman–Crippen MR) is 150 cm³/mol. The summed E-state index contributed by atoms with van der Waals surface area (Å²) in [6.45, 7) is -0.444. The van der Waals surface area contributed by atoms with Crippen molar-refractivity contribution in [2.45, 2.75) is 111 Å². The molecular weight excluding hydrogens is 572 g/mol. The molecule has 19 heteroatoms. The zero-order valence-corrected chi connectivity index (χ0v) is 23.6. The highest BCUT2D eigenvalue weighted by Gasteiger charge is 2.61. The number of hydrogen-bond donors (Lipinski definition) is 13. The van der Waals surface area contributed by atoms with Gasteiger partial charge in [0.25, 0.3) is 5.91 Å². The third kappa shape index (κ3) is 6.96. The third-order valence-corrected chi connectivity index (χ3v) is 8.76. The molecule has 246 valence electrons. The molecule has 2 aliphatic carbocycles. The second-order valence-corrected chi connectivity index (χ2v) is 11.8. The molecule has 4 rings (SSSR count). The number of carbonyl (C=O) groups is 1. The maximum atomic E-state index is 13.2. The van der Waals surface area contributed by atoms with E-state index in [4.69, 9.17) is 54.3 Å². The predicted octanol–water partition coefficient (Wildman–Crippen LogP) is -7.74. The number of amides is 1. The number of ether oxygens (including phenoxy) is 3. The van der Waals surface area contributed by atoms with Crippen LogP contribution < -0.4 is 45.5 Å². The molecule has 2 saturated heterocycles. The van der Waals surface area contributed by atoms with Gasteiger partial charge in [0.2, 0.25) is 0 Å². The lowest BCUT2D eigenvalue weighted by Gasteiger charge is -2.50. The van der Waals surface area contributed by atoms with Gasteiger partial charge < -0.3 is 85.2 Å². The molecule has 1 amide bonds. The number of aliphatic hydroxyl groups excluding tert-OH is 4. The fourth-order valence-electron chi connectivity index (χ4n) is 6.29. The van der Waals surface area contributed by atoms with Crippen molar-refractivity contribution in [3.63, 3.8) is 0 Å². The van der Waals surface area contributed by atoms with Crippen LogP contribution in [0.4, 0.5) is 0 Å². The van der Waals surface area contributed by atoms with Crippen LogP contribution in [0.15, 0.2) is 9.98 Å². The molecule has 0 radical (unpaired) electrons. The van der Waals surface area contributed by atoms with Crippen molar-refractivity contribution in [2.24, 2.45) is 56.0 Å². The summed E-state index contributed by atoms with van der Waals surface area (Å²) in [7, 11) is 0. The zero-order valence-electron chi connectivity index (χ0n) is 23.6. The Kier molecular flexibility index (Phi) is 10.3. The molecular formula is C24H46N10O9. The number of nitrogens with zero attached hydrogens (tertiary/aromatic N) is 2. The minimum atomic E-state index is -1.91. The van der Waals surface area contributed by atoms with Crippen molar-refractivity contribution in [2.75, 3.05) is 13.2 Å². The summed E-state index contributed by atoms with van der Waals surface area (Å²) in [5, 5.41) is 56.0. The number of rotatable bonds is 9. The van der Waals surface area contributed by atoms with Crippen molar-refractivity contribution >= 4 is 17.8 Å². The van der Waals surface area contributed by atoms with E-state index in [9.17, 15) is 30.3 Å². The fraction of sp³-hybridized carbons (Fsp3) is 0.875. The molecule has 19 nitrogen and oxygen atoms in total. The van der Waals surface area contributed by atoms with Gasteiger partial charge in [-0.05, 0) is 19.3 Å². The molecule has 15 unspecified atom stereocenters. The Morgan fingerprint density at radius 2 is 1.67 bits per heavy atom. The van der Waals surface area contributed by atoms with Gasteiger partial charge in [0.15, 0.2) is 23.8 Å². The van der Waals surface area contributed by atoms with Crippen LogP contribution in [0.3, 0.4) is 0 Å². The Labute approximate surface area is 247 Å². The van der Waals surface area contributed by atoms with Crippen molar-refractivity contribution in [3.8, 4) is 0 Å². The second kappa shape index (κ2) is 13.3. The smallest absolute Gasteiger partial charge is 0.254 e. The number of aliphatic imine (C=N–C) groups is 2. The van der Waals surface area contributed by atoms with Crippen LogP contribution in [-0.4, -0.2) is 141 Å². The summed E-state index contributed by atoms with van der Waals surface area (Å²) in [6, 6.07) is -4.58. The molecule has 4 fully saturated rings. The normalized spacial score (nSPS) is 46.4. The van der Waals surface area contributed by atoms with Crippen LogP contribution in [0.5, 0.6) is 0 Å². The lowest BCUT2D eigenvalue weighted by atomic mass is 9.72. The molecule has 0 aromatic rings. The first-order valence-electron chi connectivity index (χ1n) is 14.2. The highest BCUT2D eigenvalue weighted by Crippen LogP contribution is 2.41. The van der Waals surface area contributed by atoms with Crippen molar-refractivity contribution in [1.82, 2.24) is 5.32 Å². The highest BCUT2D eigenvalue weighted by atomic mass is 16.7. The molecule has 0 spiro atoms. The SMILES string of the molecule is NCC1CCC(N=C(N)N)C(C2C(N)CC(NC(=O)C3(O)CC3N=C(N)N)C(OC3OC(CO)C(O)C(N)C3O)C2O)O1. The van der Waals surface area contributed by atoms with Gasteiger partial charge in [0.05, 0.1) is 49.1 Å². The van der Waals surface area contributed by atoms with Crippen molar-refractivity contribution in [1.29, 1.82) is 0 Å². The summed E-state index contributed by atoms with van der Waals surface area (Å²) < 4.78 is 17.9. The molecule has 20 N–H and O–H groups in total. The monoisotopic (exact) mass is 618 g/mol. The molecule has 43 heavy (non-hydrogen) atoms. The highest BCUT2D eigenvalue weighted by molar-refractivity contribution is 5.90. The van der Waals surface area contributed by atoms with E-state index >= 15 is 0 Å². The summed E-state index contributed by atoms with van der Waals surface area (Å²) in [5.74, 6) is -2.18. The molecule has 4 aliphatic rings. The fourth-order valence-corrected chi connectivity index (χ4v) is 6.29. The lowest BCUT2D eigenvalue weighted by Crippen LogP contribution is -2.69. The van der Waals surface area contributed by atoms with Gasteiger partial charge in [0.1, 0.15) is 24.4 Å². The van der Waals surface area contributed by atoms with Gasteiger partial charge in [-0.25, -0.2) is 9.98 Å². The lowest BCUT2D eigenvalue weighted by molar-refractivity contribution is -0.306. The average molecular weight is 619 g/mol. The van der Waals surface area contributed by atoms with Crippen LogP contribution in [0.1, 0.15) is 25.7 Å². The number of nitrogens with two attached hydrogens (primary N) is 7. The Morgan fingerprint density at radius 3 is 2.28 bits per heavy atom. The number of carbonyl (C=O) groups excluding carboxylic acids is 1. The topological polar surface area (TPSA) is 365 Å².